The minimum atomic E-state index is -5.21. The Balaban J connectivity index is 1.17. The molecule has 3 heterocycles. The van der Waals surface area contributed by atoms with Crippen LogP contribution in [0.25, 0.3) is 118 Å². The lowest BCUT2D eigenvalue weighted by atomic mass is 9.96. The molecular formula is C64H35F12N7. The van der Waals surface area contributed by atoms with Crippen LogP contribution in [0.4, 0.5) is 52.7 Å². The van der Waals surface area contributed by atoms with Gasteiger partial charge >= 0.3 is 24.7 Å². The number of benzene rings is 9. The number of hydrogen-bond acceptors (Lipinski definition) is 6. The molecule has 3 aromatic heterocycles. The van der Waals surface area contributed by atoms with Crippen molar-refractivity contribution >= 4 is 21.8 Å². The van der Waals surface area contributed by atoms with Crippen LogP contribution >= 0.6 is 0 Å². The molecule has 0 unspecified atom stereocenters. The fraction of sp³-hybridized carbons (Fsp3) is 0.0625. The Morgan fingerprint density at radius 1 is 0.241 bits per heavy atom. The van der Waals surface area contributed by atoms with Gasteiger partial charge in [-0.3, -0.25) is 0 Å². The SMILES string of the molecule is FC(F)(F)c1cc(-c2ccc3c(c2)c2cc(-c4cc(C(F)(F)F)cc(C(F)(F)F)c4)ccc2n3-c2ccc(-c3nc(-c4ccccc4)nc(-c4ccccc4)n3)cc2-c2nc(-c3ccccc3)nc(-c3ccccc3)n2)cc(C(F)(F)F)c1. The van der Waals surface area contributed by atoms with Crippen LogP contribution in [-0.4, -0.2) is 34.5 Å². The smallest absolute Gasteiger partial charge is 0.308 e. The maximum absolute atomic E-state index is 14.3. The summed E-state index contributed by atoms with van der Waals surface area (Å²) in [5.41, 5.74) is -3.55. The molecule has 0 aliphatic heterocycles. The summed E-state index contributed by atoms with van der Waals surface area (Å²) in [5, 5.41) is 0.262. The summed E-state index contributed by atoms with van der Waals surface area (Å²) in [5.74, 6) is 1.46. The molecule has 0 saturated heterocycles. The monoisotopic (exact) mass is 1130 g/mol. The highest BCUT2D eigenvalue weighted by atomic mass is 19.4. The van der Waals surface area contributed by atoms with Gasteiger partial charge in [-0.15, -0.1) is 0 Å². The van der Waals surface area contributed by atoms with Gasteiger partial charge in [0.2, 0.25) is 0 Å². The van der Waals surface area contributed by atoms with Crippen molar-refractivity contribution in [1.82, 2.24) is 34.5 Å². The Kier molecular flexibility index (Phi) is 13.2. The van der Waals surface area contributed by atoms with Crippen molar-refractivity contribution in [3.05, 3.63) is 235 Å². The van der Waals surface area contributed by atoms with Crippen LogP contribution in [-0.2, 0) is 24.7 Å². The van der Waals surface area contributed by atoms with Crippen LogP contribution in [0.5, 0.6) is 0 Å². The molecule has 7 nitrogen and oxygen atoms in total. The summed E-state index contributed by atoms with van der Waals surface area (Å²) >= 11 is 0. The zero-order valence-corrected chi connectivity index (χ0v) is 42.4. The van der Waals surface area contributed by atoms with E-state index >= 15 is 0 Å². The molecule has 0 spiro atoms. The van der Waals surface area contributed by atoms with Crippen molar-refractivity contribution in [2.24, 2.45) is 0 Å². The third-order valence-electron chi connectivity index (χ3n) is 13.7. The molecule has 0 atom stereocenters. The van der Waals surface area contributed by atoms with Crippen molar-refractivity contribution in [2.75, 3.05) is 0 Å². The molecule has 0 aliphatic rings. The van der Waals surface area contributed by atoms with Crippen LogP contribution in [0.2, 0.25) is 0 Å². The summed E-state index contributed by atoms with van der Waals surface area (Å²) < 4.78 is 174. The first-order valence-electron chi connectivity index (χ1n) is 25.2. The highest BCUT2D eigenvalue weighted by Gasteiger charge is 2.39. The standard InChI is InChI=1S/C64H35F12N7/c65-61(66,67)45-27-43(28-46(34-45)62(68,69)70)40-21-24-52-49(31-40)50-32-41(44-29-47(63(71,72)73)35-48(30-44)64(74,75)76)22-25-53(50)83(52)54-26-23-42(59-79-55(36-13-5-1-6-14-36)77-56(80-59)37-15-7-2-8-16-37)33-51(54)60-81-57(38-17-9-3-10-18-38)78-58(82-60)39-19-11-4-12-20-39/h1-35H. The van der Waals surface area contributed by atoms with Crippen LogP contribution in [0, 0.1) is 0 Å². The minimum Gasteiger partial charge on any atom is -0.308 e. The fourth-order valence-corrected chi connectivity index (χ4v) is 9.80. The summed E-state index contributed by atoms with van der Waals surface area (Å²) in [4.78, 5) is 29.7. The van der Waals surface area contributed by atoms with Gasteiger partial charge in [-0.25, -0.2) is 29.9 Å². The Bertz CT molecular complexity index is 4120. The molecule has 0 fully saturated rings. The molecule has 0 N–H and O–H groups in total. The second kappa shape index (κ2) is 20.5. The first kappa shape index (κ1) is 53.6. The predicted octanol–water partition coefficient (Wildman–Crippen LogP) is 18.6. The maximum Gasteiger partial charge on any atom is 0.416 e. The first-order valence-corrected chi connectivity index (χ1v) is 25.2. The molecule has 0 aliphatic carbocycles. The van der Waals surface area contributed by atoms with E-state index in [0.717, 1.165) is 0 Å². The topological polar surface area (TPSA) is 82.3 Å². The van der Waals surface area contributed by atoms with Gasteiger partial charge in [0, 0.05) is 44.2 Å². The van der Waals surface area contributed by atoms with E-state index in [2.05, 4.69) is 0 Å². The van der Waals surface area contributed by atoms with Gasteiger partial charge in [0.25, 0.3) is 0 Å². The lowest BCUT2D eigenvalue weighted by molar-refractivity contribution is -0.144. The third kappa shape index (κ3) is 10.8. The van der Waals surface area contributed by atoms with E-state index in [1.165, 1.54) is 36.4 Å². The van der Waals surface area contributed by atoms with Gasteiger partial charge in [-0.2, -0.15) is 52.7 Å². The Labute approximate surface area is 462 Å². The average molecular weight is 1130 g/mol. The number of halogens is 12. The van der Waals surface area contributed by atoms with Crippen LogP contribution in [0.15, 0.2) is 212 Å². The fourth-order valence-electron chi connectivity index (χ4n) is 9.80. The van der Waals surface area contributed by atoms with Crippen molar-refractivity contribution in [2.45, 2.75) is 24.7 Å². The predicted molar refractivity (Wildman–Crippen MR) is 291 cm³/mol. The van der Waals surface area contributed by atoms with Gasteiger partial charge in [0.1, 0.15) is 0 Å². The second-order valence-corrected chi connectivity index (χ2v) is 19.2. The van der Waals surface area contributed by atoms with Crippen molar-refractivity contribution in [1.29, 1.82) is 0 Å². The van der Waals surface area contributed by atoms with Crippen molar-refractivity contribution in [3.8, 4) is 96.3 Å². The minimum absolute atomic E-state index is 0.00876. The zero-order chi connectivity index (χ0) is 58.0. The molecule has 0 bridgehead atoms. The number of alkyl halides is 12. The lowest BCUT2D eigenvalue weighted by Gasteiger charge is -2.17. The number of hydrogen-bond donors (Lipinski definition) is 0. The molecule has 410 valence electrons. The van der Waals surface area contributed by atoms with Gasteiger partial charge in [-0.05, 0) is 101 Å². The van der Waals surface area contributed by atoms with E-state index in [4.69, 9.17) is 29.9 Å². The van der Waals surface area contributed by atoms with Crippen molar-refractivity contribution in [3.63, 3.8) is 0 Å². The van der Waals surface area contributed by atoms with Gasteiger partial charge in [-0.1, -0.05) is 133 Å². The third-order valence-corrected chi connectivity index (χ3v) is 13.7. The van der Waals surface area contributed by atoms with Gasteiger partial charge in [0.15, 0.2) is 34.9 Å². The van der Waals surface area contributed by atoms with E-state index in [0.29, 0.717) is 69.4 Å². The van der Waals surface area contributed by atoms with Crippen LogP contribution in [0.1, 0.15) is 22.3 Å². The molecule has 19 heteroatoms. The number of fused-ring (bicyclic) bond motifs is 3. The van der Waals surface area contributed by atoms with Gasteiger partial charge in [0.05, 0.1) is 39.0 Å². The summed E-state index contributed by atoms with van der Waals surface area (Å²) in [6, 6.07) is 51.9. The largest absolute Gasteiger partial charge is 0.416 e. The van der Waals surface area contributed by atoms with E-state index < -0.39 is 58.1 Å². The van der Waals surface area contributed by atoms with Gasteiger partial charge < -0.3 is 4.57 Å². The zero-order valence-electron chi connectivity index (χ0n) is 42.4. The summed E-state index contributed by atoms with van der Waals surface area (Å²) in [6.07, 6.45) is -20.8. The van der Waals surface area contributed by atoms with E-state index in [1.807, 2.05) is 72.8 Å². The van der Waals surface area contributed by atoms with E-state index in [1.54, 1.807) is 71.3 Å². The highest BCUT2D eigenvalue weighted by Crippen LogP contribution is 2.45. The summed E-state index contributed by atoms with van der Waals surface area (Å²) in [6.45, 7) is 0. The molecule has 0 saturated carbocycles. The Hall–Kier alpha value is -10.0. The van der Waals surface area contributed by atoms with Crippen molar-refractivity contribution < 1.29 is 52.7 Å². The quantitative estimate of drug-likeness (QED) is 0.134. The molecule has 0 radical (unpaired) electrons. The van der Waals surface area contributed by atoms with Crippen LogP contribution in [0.3, 0.4) is 0 Å². The average Bonchev–Trinajstić information content (AvgIpc) is 2.24. The summed E-state index contributed by atoms with van der Waals surface area (Å²) in [7, 11) is 0. The molecule has 12 aromatic rings. The number of rotatable bonds is 9. The number of aromatic nitrogens is 7. The Morgan fingerprint density at radius 2 is 0.530 bits per heavy atom. The number of nitrogens with zero attached hydrogens (tertiary/aromatic N) is 7. The van der Waals surface area contributed by atoms with E-state index in [9.17, 15) is 52.7 Å². The molecule has 12 rings (SSSR count). The normalized spacial score (nSPS) is 12.3. The van der Waals surface area contributed by atoms with Crippen LogP contribution < -0.4 is 0 Å². The second-order valence-electron chi connectivity index (χ2n) is 19.2. The molecular weight excluding hydrogens is 1090 g/mol. The Morgan fingerprint density at radius 3 is 0.843 bits per heavy atom. The lowest BCUT2D eigenvalue weighted by Crippen LogP contribution is -2.11. The molecule has 0 amide bonds. The molecule has 83 heavy (non-hydrogen) atoms. The maximum atomic E-state index is 14.3. The highest BCUT2D eigenvalue weighted by molar-refractivity contribution is 6.12. The first-order chi connectivity index (χ1) is 39.6. The molecule has 9 aromatic carbocycles. The van der Waals surface area contributed by atoms with E-state index in [-0.39, 0.29) is 73.9 Å².